The van der Waals surface area contributed by atoms with Crippen LogP contribution in [0.25, 0.3) is 0 Å². The van der Waals surface area contributed by atoms with E-state index in [0.717, 1.165) is 32.2 Å². The topological polar surface area (TPSA) is 58.6 Å². The van der Waals surface area contributed by atoms with Crippen LogP contribution in [0.15, 0.2) is 16.8 Å². The maximum Gasteiger partial charge on any atom is 0.410 e. The number of aryl methyl sites for hydroxylation is 1. The fourth-order valence-corrected chi connectivity index (χ4v) is 3.56. The van der Waals surface area contributed by atoms with Crippen molar-refractivity contribution in [1.82, 2.24) is 10.2 Å². The number of amides is 2. The van der Waals surface area contributed by atoms with Gasteiger partial charge in [-0.3, -0.25) is 4.79 Å². The summed E-state index contributed by atoms with van der Waals surface area (Å²) in [6.07, 6.45) is 3.80. The third-order valence-electron chi connectivity index (χ3n) is 4.03. The van der Waals surface area contributed by atoms with Crippen LogP contribution in [-0.4, -0.2) is 41.6 Å². The molecule has 0 aliphatic carbocycles. The van der Waals surface area contributed by atoms with E-state index in [-0.39, 0.29) is 18.0 Å². The second-order valence-corrected chi connectivity index (χ2v) is 8.02. The molecule has 134 valence electrons. The van der Waals surface area contributed by atoms with Crippen LogP contribution in [0.2, 0.25) is 0 Å². The Kier molecular flexibility index (Phi) is 6.66. The fraction of sp³-hybridized carbons (Fsp3) is 0.667. The number of hydrogen-bond acceptors (Lipinski definition) is 4. The van der Waals surface area contributed by atoms with Crippen LogP contribution in [-0.2, 0) is 16.0 Å². The smallest absolute Gasteiger partial charge is 0.410 e. The van der Waals surface area contributed by atoms with Crippen LogP contribution in [0.4, 0.5) is 4.79 Å². The summed E-state index contributed by atoms with van der Waals surface area (Å²) in [6, 6.07) is 2.21. The Bertz CT molecular complexity index is 537. The quantitative estimate of drug-likeness (QED) is 0.851. The third-order valence-corrected chi connectivity index (χ3v) is 4.76. The average molecular weight is 352 g/mol. The molecule has 0 bridgehead atoms. The van der Waals surface area contributed by atoms with Crippen molar-refractivity contribution in [3.8, 4) is 0 Å². The molecule has 1 aromatic heterocycles. The van der Waals surface area contributed by atoms with Gasteiger partial charge >= 0.3 is 6.09 Å². The van der Waals surface area contributed by atoms with Gasteiger partial charge in [0.05, 0.1) is 0 Å². The molecule has 6 heteroatoms. The molecule has 1 fully saturated rings. The maximum atomic E-state index is 12.2. The SMILES string of the molecule is CC(C)(C)OC(=O)N1CCC[C@@H]1CCNC(=O)CCc1ccsc1. The van der Waals surface area contributed by atoms with Crippen LogP contribution < -0.4 is 5.32 Å². The summed E-state index contributed by atoms with van der Waals surface area (Å²) in [6.45, 7) is 6.98. The van der Waals surface area contributed by atoms with Crippen LogP contribution in [0.1, 0.15) is 52.0 Å². The zero-order valence-electron chi connectivity index (χ0n) is 14.8. The molecule has 0 spiro atoms. The zero-order chi connectivity index (χ0) is 17.6. The van der Waals surface area contributed by atoms with Gasteiger partial charge in [-0.2, -0.15) is 11.3 Å². The lowest BCUT2D eigenvalue weighted by atomic mass is 10.1. The van der Waals surface area contributed by atoms with Gasteiger partial charge in [-0.25, -0.2) is 4.79 Å². The van der Waals surface area contributed by atoms with E-state index in [2.05, 4.69) is 16.8 Å². The highest BCUT2D eigenvalue weighted by Gasteiger charge is 2.31. The number of carbonyl (C=O) groups excluding carboxylic acids is 2. The highest BCUT2D eigenvalue weighted by atomic mass is 32.1. The van der Waals surface area contributed by atoms with Crippen molar-refractivity contribution in [2.24, 2.45) is 0 Å². The highest BCUT2D eigenvalue weighted by Crippen LogP contribution is 2.22. The molecule has 1 N–H and O–H groups in total. The number of nitrogens with zero attached hydrogens (tertiary/aromatic N) is 1. The Morgan fingerprint density at radius 3 is 2.88 bits per heavy atom. The van der Waals surface area contributed by atoms with Crippen LogP contribution in [0.3, 0.4) is 0 Å². The minimum atomic E-state index is -0.472. The summed E-state index contributed by atoms with van der Waals surface area (Å²) in [5.74, 6) is 0.0722. The van der Waals surface area contributed by atoms with Gasteiger partial charge in [0.2, 0.25) is 5.91 Å². The van der Waals surface area contributed by atoms with Crippen molar-refractivity contribution in [1.29, 1.82) is 0 Å². The molecule has 0 saturated carbocycles. The van der Waals surface area contributed by atoms with Crippen molar-refractivity contribution in [3.05, 3.63) is 22.4 Å². The largest absolute Gasteiger partial charge is 0.444 e. The molecule has 5 nitrogen and oxygen atoms in total. The number of carbonyl (C=O) groups is 2. The van der Waals surface area contributed by atoms with Crippen LogP contribution >= 0.6 is 11.3 Å². The lowest BCUT2D eigenvalue weighted by Crippen LogP contribution is -2.41. The van der Waals surface area contributed by atoms with E-state index in [1.54, 1.807) is 11.3 Å². The zero-order valence-corrected chi connectivity index (χ0v) is 15.7. The molecule has 24 heavy (non-hydrogen) atoms. The normalized spacial score (nSPS) is 17.8. The first-order chi connectivity index (χ1) is 11.3. The standard InChI is InChI=1S/C18H28N2O3S/c1-18(2,3)23-17(22)20-11-4-5-15(20)8-10-19-16(21)7-6-14-9-12-24-13-14/h9,12-13,15H,4-8,10-11H2,1-3H3,(H,19,21)/t15-/m1/s1. The Morgan fingerprint density at radius 2 is 2.21 bits per heavy atom. The lowest BCUT2D eigenvalue weighted by molar-refractivity contribution is -0.121. The number of thiophene rings is 1. The van der Waals surface area contributed by atoms with E-state index in [0.29, 0.717) is 13.0 Å². The molecule has 2 amide bonds. The molecule has 0 radical (unpaired) electrons. The summed E-state index contributed by atoms with van der Waals surface area (Å²) in [5.41, 5.74) is 0.738. The van der Waals surface area contributed by atoms with Crippen molar-refractivity contribution in [2.75, 3.05) is 13.1 Å². The molecule has 1 aromatic rings. The molecule has 2 rings (SSSR count). The van der Waals surface area contributed by atoms with Crippen molar-refractivity contribution >= 4 is 23.3 Å². The summed E-state index contributed by atoms with van der Waals surface area (Å²) in [4.78, 5) is 25.9. The molecule has 1 saturated heterocycles. The fourth-order valence-electron chi connectivity index (χ4n) is 2.86. The molecule has 2 heterocycles. The number of nitrogens with one attached hydrogen (secondary N) is 1. The lowest BCUT2D eigenvalue weighted by Gasteiger charge is -2.28. The summed E-state index contributed by atoms with van der Waals surface area (Å²) >= 11 is 1.65. The third kappa shape index (κ3) is 6.15. The Morgan fingerprint density at radius 1 is 1.42 bits per heavy atom. The minimum absolute atomic E-state index is 0.0722. The monoisotopic (exact) mass is 352 g/mol. The number of ether oxygens (including phenoxy) is 1. The Hall–Kier alpha value is -1.56. The van der Waals surface area contributed by atoms with Crippen LogP contribution in [0.5, 0.6) is 0 Å². The maximum absolute atomic E-state index is 12.2. The summed E-state index contributed by atoms with van der Waals surface area (Å²) < 4.78 is 5.46. The first-order valence-corrected chi connectivity index (χ1v) is 9.57. The van der Waals surface area contributed by atoms with Crippen molar-refractivity contribution in [2.45, 2.75) is 64.5 Å². The van der Waals surface area contributed by atoms with E-state index in [9.17, 15) is 9.59 Å². The van der Waals surface area contributed by atoms with Gasteiger partial charge in [0.25, 0.3) is 0 Å². The van der Waals surface area contributed by atoms with Gasteiger partial charge in [0.15, 0.2) is 0 Å². The predicted octanol–water partition coefficient (Wildman–Crippen LogP) is 3.59. The average Bonchev–Trinajstić information content (AvgIpc) is 3.14. The Labute approximate surface area is 148 Å². The molecule has 1 aliphatic heterocycles. The number of hydrogen-bond donors (Lipinski definition) is 1. The molecule has 0 unspecified atom stereocenters. The van der Waals surface area contributed by atoms with Crippen molar-refractivity contribution in [3.63, 3.8) is 0 Å². The molecule has 1 aliphatic rings. The van der Waals surface area contributed by atoms with Gasteiger partial charge in [-0.05, 0) is 68.8 Å². The van der Waals surface area contributed by atoms with Gasteiger partial charge in [-0.15, -0.1) is 0 Å². The number of rotatable bonds is 6. The molecular formula is C18H28N2O3S. The van der Waals surface area contributed by atoms with Gasteiger partial charge < -0.3 is 15.0 Å². The van der Waals surface area contributed by atoms with Gasteiger partial charge in [0, 0.05) is 25.6 Å². The molecule has 1 atom stereocenters. The Balaban J connectivity index is 1.68. The minimum Gasteiger partial charge on any atom is -0.444 e. The second kappa shape index (κ2) is 8.51. The second-order valence-electron chi connectivity index (χ2n) is 7.24. The van der Waals surface area contributed by atoms with Crippen molar-refractivity contribution < 1.29 is 14.3 Å². The molecule has 0 aromatic carbocycles. The number of likely N-dealkylation sites (tertiary alicyclic amines) is 1. The summed E-state index contributed by atoms with van der Waals surface area (Å²) in [7, 11) is 0. The summed E-state index contributed by atoms with van der Waals surface area (Å²) in [5, 5.41) is 7.07. The van der Waals surface area contributed by atoms with E-state index in [1.165, 1.54) is 5.56 Å². The van der Waals surface area contributed by atoms with Gasteiger partial charge in [-0.1, -0.05) is 0 Å². The van der Waals surface area contributed by atoms with Crippen LogP contribution in [0, 0.1) is 0 Å². The molecular weight excluding hydrogens is 324 g/mol. The predicted molar refractivity (Wildman–Crippen MR) is 96.2 cm³/mol. The first kappa shape index (κ1) is 18.8. The van der Waals surface area contributed by atoms with Gasteiger partial charge in [0.1, 0.15) is 5.60 Å². The van der Waals surface area contributed by atoms with E-state index < -0.39 is 5.60 Å². The van der Waals surface area contributed by atoms with E-state index >= 15 is 0 Å². The van der Waals surface area contributed by atoms with E-state index in [4.69, 9.17) is 4.74 Å². The first-order valence-electron chi connectivity index (χ1n) is 8.62. The highest BCUT2D eigenvalue weighted by molar-refractivity contribution is 7.07. The van der Waals surface area contributed by atoms with E-state index in [1.807, 2.05) is 31.1 Å².